The van der Waals surface area contributed by atoms with Crippen LogP contribution in [0.15, 0.2) is 0 Å². The average molecular weight is 240 g/mol. The van der Waals surface area contributed by atoms with E-state index in [1.807, 2.05) is 6.29 Å². The summed E-state index contributed by atoms with van der Waals surface area (Å²) >= 11 is 0. The van der Waals surface area contributed by atoms with Crippen molar-refractivity contribution in [3.63, 3.8) is 0 Å². The first kappa shape index (κ1) is 21.4. The minimum atomic E-state index is -1.23. The molecule has 0 aromatic heterocycles. The number of aliphatic carboxylic acids is 1. The van der Waals surface area contributed by atoms with Crippen LogP contribution in [-0.2, 0) is 9.59 Å². The van der Waals surface area contributed by atoms with Gasteiger partial charge in [0.2, 0.25) is 0 Å². The van der Waals surface area contributed by atoms with Crippen molar-refractivity contribution in [2.45, 2.75) is 58.5 Å². The van der Waals surface area contributed by atoms with Gasteiger partial charge in [0.1, 0.15) is 6.10 Å². The molecule has 0 spiro atoms. The Morgan fingerprint density at radius 1 is 1.25 bits per heavy atom. The van der Waals surface area contributed by atoms with E-state index in [0.29, 0.717) is 6.42 Å². The van der Waals surface area contributed by atoms with Gasteiger partial charge in [0, 0.05) is 0 Å². The number of carbonyl (C=O) groups excluding carboxylic acids is 1. The van der Waals surface area contributed by atoms with Crippen LogP contribution < -0.4 is 29.6 Å². The summed E-state index contributed by atoms with van der Waals surface area (Å²) in [6.07, 6.45) is 7.37. The Labute approximate surface area is 120 Å². The van der Waals surface area contributed by atoms with Crippen LogP contribution in [0.1, 0.15) is 52.4 Å². The predicted octanol–water partition coefficient (Wildman–Crippen LogP) is -1.09. The molecule has 1 unspecified atom stereocenters. The maximum Gasteiger partial charge on any atom is 1.00 e. The van der Waals surface area contributed by atoms with Gasteiger partial charge < -0.3 is 15.0 Å². The number of rotatable bonds is 7. The second-order valence-electron chi connectivity index (χ2n) is 3.32. The molecule has 0 heterocycles. The molecule has 0 fully saturated rings. The summed E-state index contributed by atoms with van der Waals surface area (Å²) in [4.78, 5) is 19.2. The first-order chi connectivity index (χ1) is 7.06. The second kappa shape index (κ2) is 17.5. The van der Waals surface area contributed by atoms with E-state index in [9.17, 15) is 9.59 Å². The van der Waals surface area contributed by atoms with Gasteiger partial charge >= 0.3 is 35.5 Å². The number of carbonyl (C=O) groups is 1. The van der Waals surface area contributed by atoms with Crippen LogP contribution in [0, 0.1) is 0 Å². The van der Waals surface area contributed by atoms with Crippen molar-refractivity contribution < 1.29 is 49.4 Å². The Morgan fingerprint density at radius 2 is 1.69 bits per heavy atom. The molecule has 0 radical (unpaired) electrons. The maximum atomic E-state index is 9.71. The van der Waals surface area contributed by atoms with E-state index in [2.05, 4.69) is 6.92 Å². The molecule has 0 saturated carbocycles. The molecule has 90 valence electrons. The molecule has 16 heavy (non-hydrogen) atoms. The molecule has 0 bridgehead atoms. The maximum absolute atomic E-state index is 9.71. The third-order valence-electron chi connectivity index (χ3n) is 1.74. The minimum absolute atomic E-state index is 0. The second-order valence-corrected chi connectivity index (χ2v) is 3.32. The summed E-state index contributed by atoms with van der Waals surface area (Å²) in [6.45, 7) is 3.38. The number of aliphatic hydroxyl groups is 1. The molecule has 0 aromatic carbocycles. The largest absolute Gasteiger partial charge is 1.00 e. The van der Waals surface area contributed by atoms with Crippen molar-refractivity contribution >= 4 is 12.3 Å². The molecule has 1 atom stereocenters. The smallest absolute Gasteiger partial charge is 0.542 e. The van der Waals surface area contributed by atoms with Crippen molar-refractivity contribution in [3.8, 4) is 0 Å². The SMILES string of the molecule is CC(O)C(=O)O.CCCCCCC[C-]=O.[Na+]. The standard InChI is InChI=1S/C8H15O.C3H6O3.Na/c1-2-3-4-5-6-7-8-9;1-2(4)3(5)6;/h2-7H2,1H3;2,4H,1H3,(H,5,6);/q-1;;+1. The van der Waals surface area contributed by atoms with E-state index in [4.69, 9.17) is 10.2 Å². The van der Waals surface area contributed by atoms with Gasteiger partial charge in [0.25, 0.3) is 0 Å². The number of carboxylic acids is 1. The van der Waals surface area contributed by atoms with Crippen molar-refractivity contribution in [1.82, 2.24) is 0 Å². The predicted molar refractivity (Wildman–Crippen MR) is 58.4 cm³/mol. The van der Waals surface area contributed by atoms with E-state index in [1.165, 1.54) is 32.6 Å². The number of carboxylic acid groups (broad SMARTS) is 1. The first-order valence-electron chi connectivity index (χ1n) is 5.32. The average Bonchev–Trinajstić information content (AvgIpc) is 2.18. The summed E-state index contributed by atoms with van der Waals surface area (Å²) in [6, 6.07) is 0. The third-order valence-corrected chi connectivity index (χ3v) is 1.74. The zero-order valence-corrected chi connectivity index (χ0v) is 12.5. The Bertz CT molecular complexity index is 160. The van der Waals surface area contributed by atoms with Crippen LogP contribution in [0.25, 0.3) is 0 Å². The van der Waals surface area contributed by atoms with Crippen LogP contribution >= 0.6 is 0 Å². The summed E-state index contributed by atoms with van der Waals surface area (Å²) in [7, 11) is 0. The van der Waals surface area contributed by atoms with Gasteiger partial charge in [-0.1, -0.05) is 39.0 Å². The number of aliphatic hydroxyl groups excluding tert-OH is 1. The molecule has 2 N–H and O–H groups in total. The fourth-order valence-electron chi connectivity index (χ4n) is 0.801. The third kappa shape index (κ3) is 23.7. The minimum Gasteiger partial charge on any atom is -0.542 e. The van der Waals surface area contributed by atoms with Crippen LogP contribution in [0.4, 0.5) is 0 Å². The number of hydrogen-bond acceptors (Lipinski definition) is 3. The van der Waals surface area contributed by atoms with Crippen molar-refractivity contribution in [2.24, 2.45) is 0 Å². The van der Waals surface area contributed by atoms with Crippen LogP contribution in [0.5, 0.6) is 0 Å². The summed E-state index contributed by atoms with van der Waals surface area (Å²) in [5.41, 5.74) is 0. The molecule has 0 aliphatic rings. The zero-order valence-electron chi connectivity index (χ0n) is 10.5. The summed E-state index contributed by atoms with van der Waals surface area (Å²) in [5.74, 6) is -1.19. The van der Waals surface area contributed by atoms with Gasteiger partial charge in [0.15, 0.2) is 0 Å². The normalized spacial score (nSPS) is 10.4. The van der Waals surface area contributed by atoms with Gasteiger partial charge in [-0.05, 0) is 6.92 Å². The number of hydrogen-bond donors (Lipinski definition) is 2. The molecule has 0 aromatic rings. The van der Waals surface area contributed by atoms with Gasteiger partial charge in [-0.2, -0.15) is 6.42 Å². The van der Waals surface area contributed by atoms with Gasteiger partial charge in [-0.25, -0.2) is 4.79 Å². The molecule has 0 aliphatic heterocycles. The van der Waals surface area contributed by atoms with E-state index in [-0.39, 0.29) is 29.6 Å². The van der Waals surface area contributed by atoms with Crippen LogP contribution in [0.2, 0.25) is 0 Å². The monoisotopic (exact) mass is 240 g/mol. The summed E-state index contributed by atoms with van der Waals surface area (Å²) < 4.78 is 0. The van der Waals surface area contributed by atoms with Gasteiger partial charge in [0.05, 0.1) is 0 Å². The molecule has 0 aliphatic carbocycles. The first-order valence-corrected chi connectivity index (χ1v) is 5.32. The molecular formula is C11H21NaO4. The molecule has 0 saturated heterocycles. The Kier molecular flexibility index (Phi) is 23.4. The Balaban J connectivity index is -0.000000214. The fourth-order valence-corrected chi connectivity index (χ4v) is 0.801. The Hall–Kier alpha value is 0.1000. The topological polar surface area (TPSA) is 74.6 Å². The molecular weight excluding hydrogens is 219 g/mol. The molecule has 5 heteroatoms. The van der Waals surface area contributed by atoms with Crippen LogP contribution in [0.3, 0.4) is 0 Å². The van der Waals surface area contributed by atoms with Crippen molar-refractivity contribution in [2.75, 3.05) is 0 Å². The fraction of sp³-hybridized carbons (Fsp3) is 0.818. The van der Waals surface area contributed by atoms with E-state index in [0.717, 1.165) is 6.42 Å². The van der Waals surface area contributed by atoms with Crippen molar-refractivity contribution in [3.05, 3.63) is 0 Å². The van der Waals surface area contributed by atoms with E-state index < -0.39 is 12.1 Å². The van der Waals surface area contributed by atoms with Crippen LogP contribution in [-0.4, -0.2) is 28.6 Å². The quantitative estimate of drug-likeness (QED) is 0.337. The van der Waals surface area contributed by atoms with E-state index in [1.54, 1.807) is 0 Å². The van der Waals surface area contributed by atoms with Gasteiger partial charge in [-0.3, -0.25) is 6.29 Å². The summed E-state index contributed by atoms with van der Waals surface area (Å²) in [5, 5.41) is 15.8. The van der Waals surface area contributed by atoms with E-state index >= 15 is 0 Å². The molecule has 4 nitrogen and oxygen atoms in total. The van der Waals surface area contributed by atoms with Crippen molar-refractivity contribution in [1.29, 1.82) is 0 Å². The Morgan fingerprint density at radius 3 is 2.00 bits per heavy atom. The number of unbranched alkanes of at least 4 members (excludes halogenated alkanes) is 5. The van der Waals surface area contributed by atoms with Gasteiger partial charge in [-0.15, -0.1) is 0 Å². The molecule has 0 rings (SSSR count). The molecule has 0 amide bonds. The zero-order chi connectivity index (χ0) is 12.1.